The van der Waals surface area contributed by atoms with Crippen LogP contribution in [0.2, 0.25) is 0 Å². The van der Waals surface area contributed by atoms with Crippen molar-refractivity contribution < 1.29 is 14.2 Å². The van der Waals surface area contributed by atoms with Crippen LogP contribution in [-0.4, -0.2) is 71.5 Å². The van der Waals surface area contributed by atoms with E-state index in [9.17, 15) is 0 Å². The van der Waals surface area contributed by atoms with E-state index < -0.39 is 0 Å². The molecule has 0 aliphatic carbocycles. The first kappa shape index (κ1) is 26.7. The van der Waals surface area contributed by atoms with E-state index in [4.69, 9.17) is 14.2 Å². The van der Waals surface area contributed by atoms with Gasteiger partial charge in [0.05, 0.1) is 33.5 Å². The van der Waals surface area contributed by atoms with Gasteiger partial charge < -0.3 is 24.8 Å². The van der Waals surface area contributed by atoms with Gasteiger partial charge in [-0.15, -0.1) is 24.0 Å². The fourth-order valence-electron chi connectivity index (χ4n) is 3.74. The number of aliphatic imine (C=N–C) groups is 1. The largest absolute Gasteiger partial charge is 0.493 e. The zero-order valence-electron chi connectivity index (χ0n) is 19.3. The molecule has 9 heteroatoms. The summed E-state index contributed by atoms with van der Waals surface area (Å²) in [7, 11) is 5.14. The molecule has 32 heavy (non-hydrogen) atoms. The van der Waals surface area contributed by atoms with Gasteiger partial charge in [-0.25, -0.2) is 0 Å². The van der Waals surface area contributed by atoms with Crippen molar-refractivity contribution in [3.63, 3.8) is 0 Å². The molecule has 0 saturated carbocycles. The Labute approximate surface area is 212 Å². The molecule has 1 aliphatic rings. The third kappa shape index (κ3) is 7.23. The Kier molecular flexibility index (Phi) is 11.6. The van der Waals surface area contributed by atoms with E-state index in [2.05, 4.69) is 56.4 Å². The summed E-state index contributed by atoms with van der Waals surface area (Å²) in [5.74, 6) is 2.71. The highest BCUT2D eigenvalue weighted by Crippen LogP contribution is 2.32. The van der Waals surface area contributed by atoms with Gasteiger partial charge in [0.15, 0.2) is 17.5 Å². The first-order chi connectivity index (χ1) is 15.2. The summed E-state index contributed by atoms with van der Waals surface area (Å²) in [5.41, 5.74) is 2.53. The molecule has 0 spiro atoms. The predicted molar refractivity (Wildman–Crippen MR) is 142 cm³/mol. The van der Waals surface area contributed by atoms with Crippen molar-refractivity contribution in [2.24, 2.45) is 4.99 Å². The van der Waals surface area contributed by atoms with E-state index in [0.29, 0.717) is 5.92 Å². The van der Waals surface area contributed by atoms with Crippen LogP contribution in [0.5, 0.6) is 11.5 Å². The van der Waals surface area contributed by atoms with Gasteiger partial charge in [0.2, 0.25) is 0 Å². The number of methoxy groups -OCH3 is 2. The molecule has 1 aromatic heterocycles. The average molecular weight is 575 g/mol. The molecule has 1 aliphatic heterocycles. The van der Waals surface area contributed by atoms with E-state index in [1.165, 1.54) is 11.1 Å². The quantitative estimate of drug-likeness (QED) is 0.271. The molecule has 2 unspecified atom stereocenters. The van der Waals surface area contributed by atoms with E-state index >= 15 is 0 Å². The third-order valence-electron chi connectivity index (χ3n) is 5.65. The number of thiophene rings is 1. The molecule has 2 aromatic rings. The van der Waals surface area contributed by atoms with Crippen molar-refractivity contribution in [1.82, 2.24) is 15.5 Å². The normalized spacial score (nSPS) is 16.6. The lowest BCUT2D eigenvalue weighted by Gasteiger charge is -2.35. The second-order valence-corrected chi connectivity index (χ2v) is 8.35. The number of nitrogens with zero attached hydrogens (tertiary/aromatic N) is 2. The molecule has 3 rings (SSSR count). The molecule has 0 amide bonds. The van der Waals surface area contributed by atoms with Crippen LogP contribution in [0.25, 0.3) is 0 Å². The number of nitrogens with one attached hydrogen (secondary N) is 2. The van der Waals surface area contributed by atoms with Gasteiger partial charge in [-0.1, -0.05) is 13.0 Å². The van der Waals surface area contributed by atoms with Gasteiger partial charge in [0, 0.05) is 33.2 Å². The Morgan fingerprint density at radius 1 is 1.09 bits per heavy atom. The van der Waals surface area contributed by atoms with Crippen molar-refractivity contribution in [3.05, 3.63) is 46.2 Å². The van der Waals surface area contributed by atoms with E-state index in [1.54, 1.807) is 25.6 Å². The summed E-state index contributed by atoms with van der Waals surface area (Å²) in [5, 5.41) is 11.3. The highest BCUT2D eigenvalue weighted by atomic mass is 127. The molecule has 2 atom stereocenters. The summed E-state index contributed by atoms with van der Waals surface area (Å²) in [6.45, 7) is 7.05. The summed E-state index contributed by atoms with van der Waals surface area (Å²) in [6, 6.07) is 8.49. The molecular formula is C23H35IN4O3S. The minimum atomic E-state index is 0. The lowest BCUT2D eigenvalue weighted by molar-refractivity contribution is 0.0169. The standard InChI is InChI=1S/C23H34N4O3S.HI/c1-17(19-7-12-31-16-19)14-25-23(24-2)26-15-20(27-8-10-30-11-9-27)18-5-6-21(28-3)22(13-18)29-4;/h5-7,12-13,16-17,20H,8-11,14-15H2,1-4H3,(H2,24,25,26);1H. The number of hydrogen-bond acceptors (Lipinski definition) is 6. The van der Waals surface area contributed by atoms with E-state index in [0.717, 1.165) is 56.9 Å². The first-order valence-electron chi connectivity index (χ1n) is 10.7. The molecule has 1 fully saturated rings. The zero-order chi connectivity index (χ0) is 22.1. The van der Waals surface area contributed by atoms with Crippen LogP contribution in [0.3, 0.4) is 0 Å². The second kappa shape index (κ2) is 13.9. The van der Waals surface area contributed by atoms with E-state index in [-0.39, 0.29) is 30.0 Å². The van der Waals surface area contributed by atoms with Gasteiger partial charge in [0.25, 0.3) is 0 Å². The summed E-state index contributed by atoms with van der Waals surface area (Å²) < 4.78 is 16.5. The first-order valence-corrected chi connectivity index (χ1v) is 11.6. The molecule has 2 N–H and O–H groups in total. The van der Waals surface area contributed by atoms with Crippen molar-refractivity contribution in [1.29, 1.82) is 0 Å². The summed E-state index contributed by atoms with van der Waals surface area (Å²) in [4.78, 5) is 6.87. The van der Waals surface area contributed by atoms with Crippen LogP contribution >= 0.6 is 35.3 Å². The Morgan fingerprint density at radius 2 is 1.81 bits per heavy atom. The van der Waals surface area contributed by atoms with Crippen molar-refractivity contribution in [2.75, 3.05) is 60.7 Å². The summed E-state index contributed by atoms with van der Waals surface area (Å²) >= 11 is 1.73. The van der Waals surface area contributed by atoms with E-state index in [1.807, 2.05) is 13.1 Å². The molecule has 1 aromatic carbocycles. The lowest BCUT2D eigenvalue weighted by Crippen LogP contribution is -2.46. The Hall–Kier alpha value is -1.56. The van der Waals surface area contributed by atoms with Gasteiger partial charge >= 0.3 is 0 Å². The molecular weight excluding hydrogens is 539 g/mol. The van der Waals surface area contributed by atoms with Crippen LogP contribution in [0.4, 0.5) is 0 Å². The monoisotopic (exact) mass is 574 g/mol. The fraction of sp³-hybridized carbons (Fsp3) is 0.522. The van der Waals surface area contributed by atoms with Crippen molar-refractivity contribution in [3.8, 4) is 11.5 Å². The fourth-order valence-corrected chi connectivity index (χ4v) is 4.53. The SMILES string of the molecule is CN=C(NCC(C)c1ccsc1)NCC(c1ccc(OC)c(OC)c1)N1CCOCC1.I. The maximum Gasteiger partial charge on any atom is 0.191 e. The van der Waals surface area contributed by atoms with Crippen LogP contribution < -0.4 is 20.1 Å². The Balaban J connectivity index is 0.00000363. The van der Waals surface area contributed by atoms with Gasteiger partial charge in [-0.3, -0.25) is 9.89 Å². The maximum absolute atomic E-state index is 5.57. The second-order valence-electron chi connectivity index (χ2n) is 7.57. The van der Waals surface area contributed by atoms with Gasteiger partial charge in [-0.2, -0.15) is 11.3 Å². The molecule has 178 valence electrons. The molecule has 0 bridgehead atoms. The number of rotatable bonds is 9. The van der Waals surface area contributed by atoms with Crippen LogP contribution in [0.1, 0.15) is 30.0 Å². The third-order valence-corrected chi connectivity index (χ3v) is 6.35. The minimum Gasteiger partial charge on any atom is -0.493 e. The minimum absolute atomic E-state index is 0. The van der Waals surface area contributed by atoms with Gasteiger partial charge in [0.1, 0.15) is 0 Å². The highest BCUT2D eigenvalue weighted by molar-refractivity contribution is 14.0. The Morgan fingerprint density at radius 3 is 2.44 bits per heavy atom. The van der Waals surface area contributed by atoms with Crippen molar-refractivity contribution in [2.45, 2.75) is 18.9 Å². The topological polar surface area (TPSA) is 67.4 Å². The molecule has 2 heterocycles. The van der Waals surface area contributed by atoms with Crippen LogP contribution in [0.15, 0.2) is 40.0 Å². The van der Waals surface area contributed by atoms with Crippen molar-refractivity contribution >= 4 is 41.3 Å². The van der Waals surface area contributed by atoms with Crippen LogP contribution in [-0.2, 0) is 4.74 Å². The number of benzene rings is 1. The number of hydrogen-bond donors (Lipinski definition) is 2. The maximum atomic E-state index is 5.57. The predicted octanol–water partition coefficient (Wildman–Crippen LogP) is 3.73. The average Bonchev–Trinajstić information content (AvgIpc) is 3.36. The Bertz CT molecular complexity index is 829. The molecule has 0 radical (unpaired) electrons. The highest BCUT2D eigenvalue weighted by Gasteiger charge is 2.24. The van der Waals surface area contributed by atoms with Gasteiger partial charge in [-0.05, 0) is 46.0 Å². The lowest BCUT2D eigenvalue weighted by atomic mass is 10.0. The summed E-state index contributed by atoms with van der Waals surface area (Å²) in [6.07, 6.45) is 0. The number of morpholine rings is 1. The number of halogens is 1. The smallest absolute Gasteiger partial charge is 0.191 e. The molecule has 1 saturated heterocycles. The van der Waals surface area contributed by atoms with Crippen LogP contribution in [0, 0.1) is 0 Å². The zero-order valence-corrected chi connectivity index (χ0v) is 22.4. The number of guanidine groups is 1. The molecule has 7 nitrogen and oxygen atoms in total. The number of ether oxygens (including phenoxy) is 3.